The van der Waals surface area contributed by atoms with Crippen molar-refractivity contribution >= 4 is 5.91 Å². The molecule has 1 aliphatic heterocycles. The van der Waals surface area contributed by atoms with E-state index in [1.54, 1.807) is 11.1 Å². The molecule has 28 heavy (non-hydrogen) atoms. The average Bonchev–Trinajstić information content (AvgIpc) is 3.13. The highest BCUT2D eigenvalue weighted by Crippen LogP contribution is 2.27. The molecule has 0 bridgehead atoms. The maximum atomic E-state index is 13.9. The smallest absolute Gasteiger partial charge is 0.227 e. The minimum Gasteiger partial charge on any atom is -0.342 e. The second kappa shape index (κ2) is 9.28. The van der Waals surface area contributed by atoms with Gasteiger partial charge in [0, 0.05) is 43.5 Å². The molecule has 0 spiro atoms. The SMILES string of the molecule is CN(C)CCCn1ccnc1[C@@H]1CCCN(C(=O)Cc2c(F)cccc2F)C1. The molecule has 1 saturated heterocycles. The lowest BCUT2D eigenvalue weighted by molar-refractivity contribution is -0.131. The molecule has 2 heterocycles. The number of carbonyl (C=O) groups is 1. The molecule has 2 aromatic rings. The van der Waals surface area contributed by atoms with Gasteiger partial charge in [-0.05, 0) is 52.0 Å². The molecule has 1 aromatic carbocycles. The highest BCUT2D eigenvalue weighted by atomic mass is 19.1. The fourth-order valence-electron chi connectivity index (χ4n) is 3.81. The second-order valence-corrected chi connectivity index (χ2v) is 7.69. The zero-order valence-corrected chi connectivity index (χ0v) is 16.6. The van der Waals surface area contributed by atoms with Crippen LogP contribution in [-0.2, 0) is 17.8 Å². The summed E-state index contributed by atoms with van der Waals surface area (Å²) in [6, 6.07) is 3.69. The fraction of sp³-hybridized carbons (Fsp3) is 0.524. The number of hydrogen-bond donors (Lipinski definition) is 0. The van der Waals surface area contributed by atoms with Crippen molar-refractivity contribution in [2.45, 2.75) is 38.1 Å². The van der Waals surface area contributed by atoms with E-state index >= 15 is 0 Å². The lowest BCUT2D eigenvalue weighted by Crippen LogP contribution is -2.40. The van der Waals surface area contributed by atoms with Gasteiger partial charge in [-0.2, -0.15) is 0 Å². The van der Waals surface area contributed by atoms with Gasteiger partial charge in [0.25, 0.3) is 0 Å². The molecule has 0 saturated carbocycles. The first-order chi connectivity index (χ1) is 13.5. The van der Waals surface area contributed by atoms with Crippen molar-refractivity contribution in [2.24, 2.45) is 0 Å². The van der Waals surface area contributed by atoms with Crippen LogP contribution in [0.5, 0.6) is 0 Å². The van der Waals surface area contributed by atoms with Crippen molar-refractivity contribution in [1.29, 1.82) is 0 Å². The highest BCUT2D eigenvalue weighted by Gasteiger charge is 2.28. The fourth-order valence-corrected chi connectivity index (χ4v) is 3.81. The highest BCUT2D eigenvalue weighted by molar-refractivity contribution is 5.79. The van der Waals surface area contributed by atoms with E-state index < -0.39 is 11.6 Å². The van der Waals surface area contributed by atoms with Crippen LogP contribution in [0.4, 0.5) is 8.78 Å². The molecular weight excluding hydrogens is 362 g/mol. The van der Waals surface area contributed by atoms with E-state index in [9.17, 15) is 13.6 Å². The van der Waals surface area contributed by atoms with Gasteiger partial charge in [-0.1, -0.05) is 6.07 Å². The lowest BCUT2D eigenvalue weighted by Gasteiger charge is -2.33. The van der Waals surface area contributed by atoms with Gasteiger partial charge in [-0.25, -0.2) is 13.8 Å². The van der Waals surface area contributed by atoms with E-state index in [0.29, 0.717) is 13.1 Å². The Hall–Kier alpha value is -2.28. The van der Waals surface area contributed by atoms with Gasteiger partial charge in [-0.3, -0.25) is 4.79 Å². The number of benzene rings is 1. The maximum absolute atomic E-state index is 13.9. The van der Waals surface area contributed by atoms with E-state index in [1.165, 1.54) is 18.2 Å². The lowest BCUT2D eigenvalue weighted by atomic mass is 9.96. The molecule has 1 amide bonds. The monoisotopic (exact) mass is 390 g/mol. The van der Waals surface area contributed by atoms with Gasteiger partial charge >= 0.3 is 0 Å². The Labute approximate surface area is 165 Å². The molecule has 5 nitrogen and oxygen atoms in total. The summed E-state index contributed by atoms with van der Waals surface area (Å²) in [6.07, 6.45) is 6.39. The Morgan fingerprint density at radius 2 is 2.04 bits per heavy atom. The number of rotatable bonds is 7. The van der Waals surface area contributed by atoms with Gasteiger partial charge in [0.2, 0.25) is 5.91 Å². The number of halogens is 2. The van der Waals surface area contributed by atoms with E-state index in [1.807, 2.05) is 6.20 Å². The van der Waals surface area contributed by atoms with Crippen molar-refractivity contribution in [3.05, 3.63) is 53.6 Å². The van der Waals surface area contributed by atoms with Gasteiger partial charge in [0.05, 0.1) is 6.42 Å². The van der Waals surface area contributed by atoms with Crippen LogP contribution in [0.15, 0.2) is 30.6 Å². The summed E-state index contributed by atoms with van der Waals surface area (Å²) in [6.45, 7) is 3.05. The number of carbonyl (C=O) groups excluding carboxylic acids is 1. The zero-order valence-electron chi connectivity index (χ0n) is 16.6. The van der Waals surface area contributed by atoms with Crippen molar-refractivity contribution in [3.8, 4) is 0 Å². The Morgan fingerprint density at radius 1 is 1.29 bits per heavy atom. The topological polar surface area (TPSA) is 41.4 Å². The van der Waals surface area contributed by atoms with Crippen LogP contribution in [0.1, 0.15) is 36.6 Å². The number of likely N-dealkylation sites (tertiary alicyclic amines) is 1. The standard InChI is InChI=1S/C21H28F2N4O/c1-25(2)10-5-12-26-13-9-24-21(26)16-6-4-11-27(15-16)20(28)14-17-18(22)7-3-8-19(17)23/h3,7-9,13,16H,4-6,10-12,14-15H2,1-2H3/t16-/m1/s1. The Balaban J connectivity index is 1.64. The number of aromatic nitrogens is 2. The predicted molar refractivity (Wildman–Crippen MR) is 104 cm³/mol. The van der Waals surface area contributed by atoms with Crippen LogP contribution in [-0.4, -0.2) is 59.0 Å². The van der Waals surface area contributed by atoms with Gasteiger partial charge in [0.1, 0.15) is 17.5 Å². The molecule has 7 heteroatoms. The summed E-state index contributed by atoms with van der Waals surface area (Å²) in [4.78, 5) is 21.1. The molecular formula is C21H28F2N4O. The molecule has 1 aliphatic rings. The van der Waals surface area contributed by atoms with Crippen LogP contribution in [0.25, 0.3) is 0 Å². The third-order valence-electron chi connectivity index (χ3n) is 5.28. The summed E-state index contributed by atoms with van der Waals surface area (Å²) in [5.41, 5.74) is -0.153. The van der Waals surface area contributed by atoms with Crippen molar-refractivity contribution in [3.63, 3.8) is 0 Å². The zero-order chi connectivity index (χ0) is 20.1. The third kappa shape index (κ3) is 4.95. The number of amides is 1. The minimum atomic E-state index is -0.668. The first-order valence-electron chi connectivity index (χ1n) is 9.82. The van der Waals surface area contributed by atoms with Crippen molar-refractivity contribution in [2.75, 3.05) is 33.7 Å². The van der Waals surface area contributed by atoms with Crippen LogP contribution in [0.2, 0.25) is 0 Å². The van der Waals surface area contributed by atoms with Gasteiger partial charge in [0.15, 0.2) is 0 Å². The van der Waals surface area contributed by atoms with Crippen LogP contribution in [0.3, 0.4) is 0 Å². The van der Waals surface area contributed by atoms with Crippen LogP contribution in [0, 0.1) is 11.6 Å². The first kappa shape index (κ1) is 20.5. The number of aryl methyl sites for hydroxylation is 1. The third-order valence-corrected chi connectivity index (χ3v) is 5.28. The van der Waals surface area contributed by atoms with Gasteiger partial charge < -0.3 is 14.4 Å². The summed E-state index contributed by atoms with van der Waals surface area (Å²) >= 11 is 0. The molecule has 3 rings (SSSR count). The molecule has 1 atom stereocenters. The van der Waals surface area contributed by atoms with Crippen molar-refractivity contribution in [1.82, 2.24) is 19.4 Å². The van der Waals surface area contributed by atoms with E-state index in [0.717, 1.165) is 38.2 Å². The second-order valence-electron chi connectivity index (χ2n) is 7.69. The molecule has 0 radical (unpaired) electrons. The quantitative estimate of drug-likeness (QED) is 0.730. The largest absolute Gasteiger partial charge is 0.342 e. The molecule has 0 unspecified atom stereocenters. The Morgan fingerprint density at radius 3 is 2.75 bits per heavy atom. The van der Waals surface area contributed by atoms with Crippen LogP contribution >= 0.6 is 0 Å². The minimum absolute atomic E-state index is 0.150. The van der Waals surface area contributed by atoms with Crippen LogP contribution < -0.4 is 0 Å². The summed E-state index contributed by atoms with van der Waals surface area (Å²) < 4.78 is 29.9. The molecule has 0 N–H and O–H groups in total. The number of hydrogen-bond acceptors (Lipinski definition) is 3. The molecule has 152 valence electrons. The van der Waals surface area contributed by atoms with Crippen molar-refractivity contribution < 1.29 is 13.6 Å². The molecule has 1 fully saturated rings. The number of imidazole rings is 1. The summed E-state index contributed by atoms with van der Waals surface area (Å²) in [5, 5.41) is 0. The average molecular weight is 390 g/mol. The normalized spacial score (nSPS) is 17.3. The number of piperidine rings is 1. The number of nitrogens with zero attached hydrogens (tertiary/aromatic N) is 4. The maximum Gasteiger partial charge on any atom is 0.227 e. The van der Waals surface area contributed by atoms with E-state index in [-0.39, 0.29) is 23.8 Å². The van der Waals surface area contributed by atoms with E-state index in [2.05, 4.69) is 28.5 Å². The van der Waals surface area contributed by atoms with Gasteiger partial charge in [-0.15, -0.1) is 0 Å². The Kier molecular flexibility index (Phi) is 6.78. The first-order valence-corrected chi connectivity index (χ1v) is 9.82. The molecule has 1 aromatic heterocycles. The molecule has 0 aliphatic carbocycles. The predicted octanol–water partition coefficient (Wildman–Crippen LogP) is 3.06. The summed E-state index contributed by atoms with van der Waals surface area (Å²) in [5.74, 6) is -0.429. The Bertz CT molecular complexity index is 785. The summed E-state index contributed by atoms with van der Waals surface area (Å²) in [7, 11) is 4.11. The van der Waals surface area contributed by atoms with E-state index in [4.69, 9.17) is 0 Å².